The molecule has 0 bridgehead atoms. The Bertz CT molecular complexity index is 673. The lowest BCUT2D eigenvalue weighted by molar-refractivity contribution is -0.143. The Hall–Kier alpha value is -1.80. The number of benzene rings is 1. The summed E-state index contributed by atoms with van der Waals surface area (Å²) in [6.07, 6.45) is 1.56. The molecule has 0 atom stereocenters. The van der Waals surface area contributed by atoms with Crippen LogP contribution in [-0.2, 0) is 14.3 Å². The van der Waals surface area contributed by atoms with Crippen LogP contribution in [0.2, 0.25) is 0 Å². The molecule has 0 unspecified atom stereocenters. The Balaban J connectivity index is 2.30. The summed E-state index contributed by atoms with van der Waals surface area (Å²) in [5, 5.41) is -0.504. The number of carbonyl (C=O) groups excluding carboxylic acids is 3. The first-order valence-electron chi connectivity index (χ1n) is 6.12. The van der Waals surface area contributed by atoms with E-state index in [0.29, 0.717) is 11.3 Å². The van der Waals surface area contributed by atoms with Crippen molar-refractivity contribution in [1.82, 2.24) is 4.90 Å². The van der Waals surface area contributed by atoms with Crippen LogP contribution in [0.25, 0.3) is 6.08 Å². The predicted molar refractivity (Wildman–Crippen MR) is 85.4 cm³/mol. The van der Waals surface area contributed by atoms with Gasteiger partial charge in [0.15, 0.2) is 0 Å². The molecule has 0 radical (unpaired) electrons. The van der Waals surface area contributed by atoms with Gasteiger partial charge < -0.3 is 9.47 Å². The van der Waals surface area contributed by atoms with Gasteiger partial charge in [-0.1, -0.05) is 15.9 Å². The Morgan fingerprint density at radius 2 is 2.09 bits per heavy atom. The first-order chi connectivity index (χ1) is 10.5. The molecule has 1 aromatic rings. The number of hydrogen-bond donors (Lipinski definition) is 0. The third kappa shape index (κ3) is 3.50. The van der Waals surface area contributed by atoms with E-state index in [9.17, 15) is 14.4 Å². The quantitative estimate of drug-likeness (QED) is 0.585. The van der Waals surface area contributed by atoms with Gasteiger partial charge in [0, 0.05) is 10.0 Å². The number of halogens is 1. The average Bonchev–Trinajstić information content (AvgIpc) is 2.75. The molecule has 0 N–H and O–H groups in total. The van der Waals surface area contributed by atoms with Crippen molar-refractivity contribution < 1.29 is 23.9 Å². The molecule has 0 aromatic heterocycles. The number of hydrogen-bond acceptors (Lipinski definition) is 6. The number of thioether (sulfide) groups is 1. The van der Waals surface area contributed by atoms with Gasteiger partial charge in [0.25, 0.3) is 11.1 Å². The Kier molecular flexibility index (Phi) is 5.25. The summed E-state index contributed by atoms with van der Waals surface area (Å²) >= 11 is 4.11. The van der Waals surface area contributed by atoms with Crippen molar-refractivity contribution in [2.45, 2.75) is 0 Å². The van der Waals surface area contributed by atoms with E-state index in [-0.39, 0.29) is 4.91 Å². The average molecular weight is 386 g/mol. The van der Waals surface area contributed by atoms with Crippen molar-refractivity contribution >= 4 is 50.9 Å². The fraction of sp³-hybridized carbons (Fsp3) is 0.214. The van der Waals surface area contributed by atoms with Crippen LogP contribution in [0, 0.1) is 0 Å². The van der Waals surface area contributed by atoms with Gasteiger partial charge in [0.2, 0.25) is 0 Å². The second-order valence-corrected chi connectivity index (χ2v) is 6.14. The van der Waals surface area contributed by atoms with Crippen molar-refractivity contribution in [3.63, 3.8) is 0 Å². The van der Waals surface area contributed by atoms with Crippen molar-refractivity contribution in [3.05, 3.63) is 33.1 Å². The number of rotatable bonds is 4. The van der Waals surface area contributed by atoms with E-state index in [4.69, 9.17) is 4.74 Å². The SMILES string of the molecule is COC(=O)CN1C(=O)S/C(=C/c2cc(Br)ccc2OC)C1=O. The van der Waals surface area contributed by atoms with Gasteiger partial charge in [-0.15, -0.1) is 0 Å². The van der Waals surface area contributed by atoms with Crippen molar-refractivity contribution in [2.75, 3.05) is 20.8 Å². The maximum Gasteiger partial charge on any atom is 0.325 e. The summed E-state index contributed by atoms with van der Waals surface area (Å²) in [5.74, 6) is -0.603. The molecule has 1 heterocycles. The van der Waals surface area contributed by atoms with Gasteiger partial charge in [0.1, 0.15) is 12.3 Å². The van der Waals surface area contributed by atoms with Crippen LogP contribution in [0.1, 0.15) is 5.56 Å². The van der Waals surface area contributed by atoms with E-state index in [1.165, 1.54) is 14.2 Å². The molecule has 22 heavy (non-hydrogen) atoms. The van der Waals surface area contributed by atoms with Gasteiger partial charge in [-0.05, 0) is 36.0 Å². The lowest BCUT2D eigenvalue weighted by atomic mass is 10.2. The largest absolute Gasteiger partial charge is 0.496 e. The zero-order valence-electron chi connectivity index (χ0n) is 11.8. The number of imide groups is 1. The number of esters is 1. The number of ether oxygens (including phenoxy) is 2. The normalized spacial score (nSPS) is 16.3. The standard InChI is InChI=1S/C14H12BrNO5S/c1-20-10-4-3-9(15)5-8(10)6-11-13(18)16(14(19)22-11)7-12(17)21-2/h3-6H,7H2,1-2H3/b11-6+. The monoisotopic (exact) mass is 385 g/mol. The van der Waals surface area contributed by atoms with Crippen molar-refractivity contribution in [1.29, 1.82) is 0 Å². The molecule has 0 aliphatic carbocycles. The molecule has 1 fully saturated rings. The fourth-order valence-electron chi connectivity index (χ4n) is 1.79. The van der Waals surface area contributed by atoms with Crippen molar-refractivity contribution in [3.8, 4) is 5.75 Å². The van der Waals surface area contributed by atoms with E-state index in [2.05, 4.69) is 20.7 Å². The minimum atomic E-state index is -0.649. The molecule has 2 rings (SSSR count). The Morgan fingerprint density at radius 1 is 1.36 bits per heavy atom. The van der Waals surface area contributed by atoms with Gasteiger partial charge >= 0.3 is 5.97 Å². The van der Waals surface area contributed by atoms with Crippen LogP contribution in [0.15, 0.2) is 27.6 Å². The fourth-order valence-corrected chi connectivity index (χ4v) is 3.00. The van der Waals surface area contributed by atoms with E-state index < -0.39 is 23.7 Å². The highest BCUT2D eigenvalue weighted by atomic mass is 79.9. The molecule has 1 aliphatic heterocycles. The highest BCUT2D eigenvalue weighted by Crippen LogP contribution is 2.34. The molecule has 8 heteroatoms. The van der Waals surface area contributed by atoms with E-state index in [0.717, 1.165) is 21.1 Å². The summed E-state index contributed by atoms with van der Waals surface area (Å²) in [5.41, 5.74) is 0.653. The van der Waals surface area contributed by atoms with Gasteiger partial charge in [-0.3, -0.25) is 19.3 Å². The summed E-state index contributed by atoms with van der Waals surface area (Å²) in [4.78, 5) is 36.4. The zero-order chi connectivity index (χ0) is 16.3. The van der Waals surface area contributed by atoms with Crippen LogP contribution in [0.4, 0.5) is 4.79 Å². The number of nitrogens with zero attached hydrogens (tertiary/aromatic N) is 1. The summed E-state index contributed by atoms with van der Waals surface area (Å²) in [7, 11) is 2.72. The van der Waals surface area contributed by atoms with Gasteiger partial charge in [-0.2, -0.15) is 0 Å². The predicted octanol–water partition coefficient (Wildman–Crippen LogP) is 2.67. The Morgan fingerprint density at radius 3 is 2.73 bits per heavy atom. The maximum absolute atomic E-state index is 12.2. The molecule has 1 saturated heterocycles. The molecule has 0 saturated carbocycles. The summed E-state index contributed by atoms with van der Waals surface area (Å²) in [6, 6.07) is 5.32. The van der Waals surface area contributed by atoms with E-state index >= 15 is 0 Å². The number of amides is 2. The molecule has 0 spiro atoms. The summed E-state index contributed by atoms with van der Waals surface area (Å²) < 4.78 is 10.5. The second kappa shape index (κ2) is 6.97. The molecule has 2 amide bonds. The lowest BCUT2D eigenvalue weighted by Crippen LogP contribution is -2.34. The highest BCUT2D eigenvalue weighted by Gasteiger charge is 2.36. The molecular formula is C14H12BrNO5S. The van der Waals surface area contributed by atoms with Crippen LogP contribution in [-0.4, -0.2) is 42.8 Å². The lowest BCUT2D eigenvalue weighted by Gasteiger charge is -2.10. The van der Waals surface area contributed by atoms with Crippen LogP contribution < -0.4 is 4.74 Å². The molecule has 6 nitrogen and oxygen atoms in total. The van der Waals surface area contributed by atoms with Crippen LogP contribution in [0.3, 0.4) is 0 Å². The van der Waals surface area contributed by atoms with Crippen molar-refractivity contribution in [2.24, 2.45) is 0 Å². The Labute approximate surface area is 139 Å². The second-order valence-electron chi connectivity index (χ2n) is 4.23. The maximum atomic E-state index is 12.2. The minimum absolute atomic E-state index is 0.227. The number of carbonyl (C=O) groups is 3. The highest BCUT2D eigenvalue weighted by molar-refractivity contribution is 9.10. The first kappa shape index (κ1) is 16.6. The molecule has 1 aliphatic rings. The third-order valence-corrected chi connectivity index (χ3v) is 4.27. The summed E-state index contributed by atoms with van der Waals surface area (Å²) in [6.45, 7) is -0.395. The zero-order valence-corrected chi connectivity index (χ0v) is 14.2. The minimum Gasteiger partial charge on any atom is -0.496 e. The topological polar surface area (TPSA) is 72.9 Å². The molecule has 1 aromatic carbocycles. The number of methoxy groups -OCH3 is 2. The van der Waals surface area contributed by atoms with Gasteiger partial charge in [0.05, 0.1) is 19.1 Å². The van der Waals surface area contributed by atoms with E-state index in [1.807, 2.05) is 0 Å². The smallest absolute Gasteiger partial charge is 0.325 e. The molecular weight excluding hydrogens is 374 g/mol. The first-order valence-corrected chi connectivity index (χ1v) is 7.73. The third-order valence-electron chi connectivity index (χ3n) is 2.87. The van der Waals surface area contributed by atoms with E-state index in [1.54, 1.807) is 24.3 Å². The molecule has 116 valence electrons. The van der Waals surface area contributed by atoms with Crippen LogP contribution >= 0.6 is 27.7 Å². The van der Waals surface area contributed by atoms with Gasteiger partial charge in [-0.25, -0.2) is 0 Å². The van der Waals surface area contributed by atoms with Crippen LogP contribution in [0.5, 0.6) is 5.75 Å².